The predicted molar refractivity (Wildman–Crippen MR) is 104 cm³/mol. The summed E-state index contributed by atoms with van der Waals surface area (Å²) in [6, 6.07) is 8.65. The number of benzene rings is 1. The third-order valence-corrected chi connectivity index (χ3v) is 6.35. The summed E-state index contributed by atoms with van der Waals surface area (Å²) in [5.41, 5.74) is 0.889. The molecule has 2 aromatic rings. The molecule has 0 bridgehead atoms. The summed E-state index contributed by atoms with van der Waals surface area (Å²) in [6.45, 7) is -0.0916. The van der Waals surface area contributed by atoms with Gasteiger partial charge in [0.15, 0.2) is 0 Å². The third-order valence-electron chi connectivity index (χ3n) is 5.34. The number of amides is 1. The van der Waals surface area contributed by atoms with Gasteiger partial charge in [-0.2, -0.15) is 0 Å². The van der Waals surface area contributed by atoms with E-state index in [1.165, 1.54) is 0 Å². The number of aromatic nitrogens is 1. The maximum atomic E-state index is 12.7. The first-order valence-electron chi connectivity index (χ1n) is 9.29. The number of thioether (sulfide) groups is 1. The molecule has 1 atom stereocenters. The Balaban J connectivity index is 1.43. The van der Waals surface area contributed by atoms with Crippen molar-refractivity contribution in [3.63, 3.8) is 0 Å². The molecule has 2 aliphatic rings. The van der Waals surface area contributed by atoms with Crippen molar-refractivity contribution >= 4 is 34.5 Å². The maximum absolute atomic E-state index is 12.7. The zero-order valence-corrected chi connectivity index (χ0v) is 15.8. The summed E-state index contributed by atoms with van der Waals surface area (Å²) in [6.07, 6.45) is 3.98. The Hall–Kier alpha value is -2.28. The fourth-order valence-corrected chi connectivity index (χ4v) is 4.96. The Morgan fingerprint density at radius 3 is 2.81 bits per heavy atom. The SMILES string of the molecule is O=C(OCc1cc2ccccc2[nH]c1=O)[C@@H]1CSCN1C(=O)C1CCCC1. The van der Waals surface area contributed by atoms with Crippen molar-refractivity contribution in [1.29, 1.82) is 0 Å². The number of esters is 1. The number of aromatic amines is 1. The zero-order chi connectivity index (χ0) is 18.8. The van der Waals surface area contributed by atoms with E-state index in [1.807, 2.05) is 24.3 Å². The van der Waals surface area contributed by atoms with Crippen LogP contribution in [0.15, 0.2) is 35.1 Å². The highest BCUT2D eigenvalue weighted by Crippen LogP contribution is 2.31. The van der Waals surface area contributed by atoms with Crippen LogP contribution in [0.5, 0.6) is 0 Å². The summed E-state index contributed by atoms with van der Waals surface area (Å²) >= 11 is 1.57. The van der Waals surface area contributed by atoms with E-state index in [9.17, 15) is 14.4 Å². The molecule has 1 N–H and O–H groups in total. The molecule has 1 saturated carbocycles. The second-order valence-electron chi connectivity index (χ2n) is 7.12. The van der Waals surface area contributed by atoms with E-state index in [0.29, 0.717) is 17.2 Å². The van der Waals surface area contributed by atoms with Gasteiger partial charge < -0.3 is 14.6 Å². The van der Waals surface area contributed by atoms with Gasteiger partial charge in [0, 0.05) is 17.2 Å². The fraction of sp³-hybridized carbons (Fsp3) is 0.450. The minimum Gasteiger partial charge on any atom is -0.459 e. The van der Waals surface area contributed by atoms with E-state index in [0.717, 1.165) is 36.6 Å². The van der Waals surface area contributed by atoms with Gasteiger partial charge in [0.25, 0.3) is 5.56 Å². The molecular formula is C20H22N2O4S. The summed E-state index contributed by atoms with van der Waals surface area (Å²) in [5.74, 6) is 0.765. The highest BCUT2D eigenvalue weighted by Gasteiger charge is 2.39. The van der Waals surface area contributed by atoms with E-state index in [2.05, 4.69) is 4.98 Å². The summed E-state index contributed by atoms with van der Waals surface area (Å²) in [7, 11) is 0. The molecule has 0 unspecified atom stereocenters. The van der Waals surface area contributed by atoms with Gasteiger partial charge >= 0.3 is 5.97 Å². The number of hydrogen-bond acceptors (Lipinski definition) is 5. The number of carbonyl (C=O) groups excluding carboxylic acids is 2. The number of carbonyl (C=O) groups is 2. The lowest BCUT2D eigenvalue weighted by atomic mass is 10.1. The predicted octanol–water partition coefficient (Wildman–Crippen LogP) is 2.66. The van der Waals surface area contributed by atoms with E-state index >= 15 is 0 Å². The Kier molecular flexibility index (Phi) is 5.20. The van der Waals surface area contributed by atoms with Crippen LogP contribution in [0.4, 0.5) is 0 Å². The van der Waals surface area contributed by atoms with Crippen LogP contribution in [0.1, 0.15) is 31.2 Å². The van der Waals surface area contributed by atoms with Crippen LogP contribution in [0.2, 0.25) is 0 Å². The standard InChI is InChI=1S/C20H22N2O4S/c23-18-15(9-14-7-3-4-8-16(14)21-18)10-26-20(25)17-11-27-12-22(17)19(24)13-5-1-2-6-13/h3-4,7-9,13,17H,1-2,5-6,10-12H2,(H,21,23)/t17-/m0/s1. The zero-order valence-electron chi connectivity index (χ0n) is 15.0. The molecule has 0 spiro atoms. The number of pyridine rings is 1. The number of H-pyrrole nitrogens is 1. The number of nitrogens with one attached hydrogen (secondary N) is 1. The summed E-state index contributed by atoms with van der Waals surface area (Å²) in [4.78, 5) is 41.9. The molecule has 7 heteroatoms. The Morgan fingerprint density at radius 1 is 1.22 bits per heavy atom. The lowest BCUT2D eigenvalue weighted by molar-refractivity contribution is -0.155. The highest BCUT2D eigenvalue weighted by atomic mass is 32.2. The molecule has 1 aromatic heterocycles. The first-order valence-corrected chi connectivity index (χ1v) is 10.4. The number of para-hydroxylation sites is 1. The second-order valence-corrected chi connectivity index (χ2v) is 8.12. The molecule has 1 amide bonds. The Labute approximate surface area is 161 Å². The largest absolute Gasteiger partial charge is 0.459 e. The van der Waals surface area contributed by atoms with Crippen LogP contribution in [-0.2, 0) is 20.9 Å². The van der Waals surface area contributed by atoms with Crippen molar-refractivity contribution in [2.24, 2.45) is 5.92 Å². The van der Waals surface area contributed by atoms with Crippen molar-refractivity contribution in [3.05, 3.63) is 46.2 Å². The average molecular weight is 386 g/mol. The Morgan fingerprint density at radius 2 is 2.00 bits per heavy atom. The van der Waals surface area contributed by atoms with Crippen molar-refractivity contribution in [3.8, 4) is 0 Å². The minimum atomic E-state index is -0.553. The fourth-order valence-electron chi connectivity index (χ4n) is 3.81. The van der Waals surface area contributed by atoms with Crippen molar-refractivity contribution in [1.82, 2.24) is 9.88 Å². The molecule has 1 aliphatic heterocycles. The third kappa shape index (κ3) is 3.74. The average Bonchev–Trinajstić information content (AvgIpc) is 3.37. The first-order chi connectivity index (χ1) is 13.1. The lowest BCUT2D eigenvalue weighted by Crippen LogP contribution is -2.45. The van der Waals surface area contributed by atoms with Crippen LogP contribution in [0.3, 0.4) is 0 Å². The lowest BCUT2D eigenvalue weighted by Gasteiger charge is -2.25. The van der Waals surface area contributed by atoms with Crippen molar-refractivity contribution in [2.45, 2.75) is 38.3 Å². The van der Waals surface area contributed by atoms with Crippen LogP contribution >= 0.6 is 11.8 Å². The van der Waals surface area contributed by atoms with Gasteiger partial charge in [-0.05, 0) is 30.4 Å². The van der Waals surface area contributed by atoms with Crippen molar-refractivity contribution in [2.75, 3.05) is 11.6 Å². The van der Waals surface area contributed by atoms with Gasteiger partial charge in [0.1, 0.15) is 12.6 Å². The molecule has 27 heavy (non-hydrogen) atoms. The number of hydrogen-bond donors (Lipinski definition) is 1. The smallest absolute Gasteiger partial charge is 0.330 e. The van der Waals surface area contributed by atoms with Gasteiger partial charge in [0.05, 0.1) is 11.4 Å². The number of rotatable bonds is 4. The molecule has 1 saturated heterocycles. The second kappa shape index (κ2) is 7.76. The molecule has 4 rings (SSSR count). The normalized spacial score (nSPS) is 20.3. The number of ether oxygens (including phenoxy) is 1. The quantitative estimate of drug-likeness (QED) is 0.818. The minimum absolute atomic E-state index is 0.0438. The summed E-state index contributed by atoms with van der Waals surface area (Å²) in [5, 5.41) is 0.887. The maximum Gasteiger partial charge on any atom is 0.330 e. The van der Waals surface area contributed by atoms with E-state index in [-0.39, 0.29) is 24.0 Å². The van der Waals surface area contributed by atoms with Crippen LogP contribution in [0.25, 0.3) is 10.9 Å². The molecular weight excluding hydrogens is 364 g/mol. The van der Waals surface area contributed by atoms with Gasteiger partial charge in [0.2, 0.25) is 5.91 Å². The Bertz CT molecular complexity index is 920. The number of nitrogens with zero attached hydrogens (tertiary/aromatic N) is 1. The van der Waals surface area contributed by atoms with Crippen LogP contribution in [-0.4, -0.2) is 39.4 Å². The molecule has 142 valence electrons. The van der Waals surface area contributed by atoms with Gasteiger partial charge in [-0.1, -0.05) is 31.0 Å². The summed E-state index contributed by atoms with van der Waals surface area (Å²) < 4.78 is 5.42. The van der Waals surface area contributed by atoms with E-state index in [4.69, 9.17) is 4.74 Å². The molecule has 1 aromatic carbocycles. The van der Waals surface area contributed by atoms with Gasteiger partial charge in [-0.15, -0.1) is 11.8 Å². The monoisotopic (exact) mass is 386 g/mol. The van der Waals surface area contributed by atoms with Crippen molar-refractivity contribution < 1.29 is 14.3 Å². The number of fused-ring (bicyclic) bond motifs is 1. The molecule has 2 heterocycles. The molecule has 0 radical (unpaired) electrons. The molecule has 2 fully saturated rings. The van der Waals surface area contributed by atoms with Gasteiger partial charge in [-0.25, -0.2) is 4.79 Å². The van der Waals surface area contributed by atoms with Crippen LogP contribution in [0, 0.1) is 5.92 Å². The topological polar surface area (TPSA) is 79.5 Å². The highest BCUT2D eigenvalue weighted by molar-refractivity contribution is 7.99. The van der Waals surface area contributed by atoms with Gasteiger partial charge in [-0.3, -0.25) is 9.59 Å². The van der Waals surface area contributed by atoms with Crippen LogP contribution < -0.4 is 5.56 Å². The van der Waals surface area contributed by atoms with E-state index < -0.39 is 12.0 Å². The molecule has 1 aliphatic carbocycles. The molecule has 6 nitrogen and oxygen atoms in total. The van der Waals surface area contributed by atoms with E-state index in [1.54, 1.807) is 22.7 Å². The first kappa shape index (κ1) is 18.1.